The number of benzene rings is 1. The van der Waals surface area contributed by atoms with E-state index in [0.717, 1.165) is 17.7 Å². The number of anilines is 1. The van der Waals surface area contributed by atoms with Crippen LogP contribution in [0.1, 0.15) is 19.4 Å². The maximum Gasteiger partial charge on any atom is 0.246 e. The van der Waals surface area contributed by atoms with E-state index in [2.05, 4.69) is 5.32 Å². The third kappa shape index (κ3) is 4.58. The zero-order valence-corrected chi connectivity index (χ0v) is 11.6. The van der Waals surface area contributed by atoms with Crippen molar-refractivity contribution in [2.24, 2.45) is 0 Å². The Morgan fingerprint density at radius 2 is 2.00 bits per heavy atom. The van der Waals surface area contributed by atoms with Gasteiger partial charge in [0.05, 0.1) is 6.54 Å². The van der Waals surface area contributed by atoms with Crippen molar-refractivity contribution in [3.63, 3.8) is 0 Å². The van der Waals surface area contributed by atoms with E-state index in [0.29, 0.717) is 0 Å². The van der Waals surface area contributed by atoms with Crippen molar-refractivity contribution in [2.45, 2.75) is 20.3 Å². The van der Waals surface area contributed by atoms with Gasteiger partial charge >= 0.3 is 0 Å². The van der Waals surface area contributed by atoms with E-state index in [4.69, 9.17) is 0 Å². The van der Waals surface area contributed by atoms with Gasteiger partial charge in [-0.15, -0.1) is 0 Å². The second-order valence-corrected chi connectivity index (χ2v) is 4.25. The number of amides is 2. The molecule has 1 aromatic carbocycles. The number of carbonyl (C=O) groups excluding carboxylic acids is 2. The molecule has 4 heteroatoms. The molecular formula is C15H20N2O2. The standard InChI is InChI=1S/C15H20N2O2/c1-4-8-15(19)17(3)11-14(18)16-13-10-7-6-9-12(13)5-2/h4,6-10H,5,11H2,1-3H3,(H,16,18)/b8-4+. The van der Waals surface area contributed by atoms with Gasteiger partial charge in [-0.3, -0.25) is 9.59 Å². The number of aryl methyl sites for hydroxylation is 1. The van der Waals surface area contributed by atoms with Gasteiger partial charge in [0, 0.05) is 12.7 Å². The molecule has 0 bridgehead atoms. The number of nitrogens with one attached hydrogen (secondary N) is 1. The fourth-order valence-electron chi connectivity index (χ4n) is 1.70. The Balaban J connectivity index is 2.63. The highest BCUT2D eigenvalue weighted by Gasteiger charge is 2.11. The summed E-state index contributed by atoms with van der Waals surface area (Å²) in [5.74, 6) is -0.373. The van der Waals surface area contributed by atoms with Crippen molar-refractivity contribution < 1.29 is 9.59 Å². The molecule has 0 atom stereocenters. The number of rotatable bonds is 5. The van der Waals surface area contributed by atoms with Gasteiger partial charge in [0.1, 0.15) is 0 Å². The maximum absolute atomic E-state index is 11.9. The van der Waals surface area contributed by atoms with Crippen LogP contribution >= 0.6 is 0 Å². The first kappa shape index (κ1) is 15.0. The van der Waals surface area contributed by atoms with E-state index >= 15 is 0 Å². The van der Waals surface area contributed by atoms with Crippen LogP contribution in [0.15, 0.2) is 36.4 Å². The van der Waals surface area contributed by atoms with Gasteiger partial charge in [-0.2, -0.15) is 0 Å². The summed E-state index contributed by atoms with van der Waals surface area (Å²) >= 11 is 0. The summed E-state index contributed by atoms with van der Waals surface area (Å²) in [7, 11) is 1.60. The summed E-state index contributed by atoms with van der Waals surface area (Å²) in [4.78, 5) is 24.8. The van der Waals surface area contributed by atoms with Gasteiger partial charge in [0.15, 0.2) is 0 Å². The van der Waals surface area contributed by atoms with E-state index in [1.807, 2.05) is 31.2 Å². The zero-order valence-electron chi connectivity index (χ0n) is 11.6. The minimum Gasteiger partial charge on any atom is -0.333 e. The van der Waals surface area contributed by atoms with Crippen molar-refractivity contribution >= 4 is 17.5 Å². The molecule has 19 heavy (non-hydrogen) atoms. The van der Waals surface area contributed by atoms with E-state index in [9.17, 15) is 9.59 Å². The molecule has 0 spiro atoms. The first-order chi connectivity index (χ1) is 9.08. The largest absolute Gasteiger partial charge is 0.333 e. The summed E-state index contributed by atoms with van der Waals surface area (Å²) in [5, 5.41) is 2.83. The SMILES string of the molecule is C/C=C/C(=O)N(C)CC(=O)Nc1ccccc1CC. The van der Waals surface area contributed by atoms with Gasteiger partial charge in [-0.05, 0) is 31.1 Å². The molecule has 4 nitrogen and oxygen atoms in total. The van der Waals surface area contributed by atoms with Gasteiger partial charge in [-0.1, -0.05) is 31.2 Å². The molecule has 0 fully saturated rings. The average Bonchev–Trinajstić information content (AvgIpc) is 2.39. The minimum absolute atomic E-state index is 0.0429. The molecule has 1 aromatic rings. The number of para-hydroxylation sites is 1. The van der Waals surface area contributed by atoms with Crippen LogP contribution in [0, 0.1) is 0 Å². The van der Waals surface area contributed by atoms with Crippen LogP contribution in [0.4, 0.5) is 5.69 Å². The predicted molar refractivity (Wildman–Crippen MR) is 76.9 cm³/mol. The van der Waals surface area contributed by atoms with Gasteiger partial charge in [-0.25, -0.2) is 0 Å². The first-order valence-electron chi connectivity index (χ1n) is 6.34. The Labute approximate surface area is 114 Å². The van der Waals surface area contributed by atoms with Crippen LogP contribution in [0.25, 0.3) is 0 Å². The van der Waals surface area contributed by atoms with Crippen molar-refractivity contribution in [3.8, 4) is 0 Å². The van der Waals surface area contributed by atoms with Crippen LogP contribution in [-0.4, -0.2) is 30.3 Å². The number of allylic oxidation sites excluding steroid dienone is 1. The number of nitrogens with zero attached hydrogens (tertiary/aromatic N) is 1. The van der Waals surface area contributed by atoms with E-state index < -0.39 is 0 Å². The number of carbonyl (C=O) groups is 2. The van der Waals surface area contributed by atoms with Gasteiger partial charge < -0.3 is 10.2 Å². The third-order valence-corrected chi connectivity index (χ3v) is 2.74. The lowest BCUT2D eigenvalue weighted by atomic mass is 10.1. The molecule has 0 saturated carbocycles. The summed E-state index contributed by atoms with van der Waals surface area (Å²) in [5.41, 5.74) is 1.89. The van der Waals surface area contributed by atoms with Crippen LogP contribution < -0.4 is 5.32 Å². The zero-order chi connectivity index (χ0) is 14.3. The number of hydrogen-bond donors (Lipinski definition) is 1. The van der Waals surface area contributed by atoms with Crippen LogP contribution in [0.3, 0.4) is 0 Å². The number of likely N-dealkylation sites (N-methyl/N-ethyl adjacent to an activating group) is 1. The van der Waals surface area contributed by atoms with E-state index in [-0.39, 0.29) is 18.4 Å². The molecule has 102 valence electrons. The lowest BCUT2D eigenvalue weighted by molar-refractivity contribution is -0.129. The Morgan fingerprint density at radius 3 is 2.63 bits per heavy atom. The minimum atomic E-state index is -0.193. The Hall–Kier alpha value is -2.10. The second kappa shape index (κ2) is 7.36. The Kier molecular flexibility index (Phi) is 5.79. The summed E-state index contributed by atoms with van der Waals surface area (Å²) < 4.78 is 0. The van der Waals surface area contributed by atoms with Crippen molar-refractivity contribution in [2.75, 3.05) is 18.9 Å². The lowest BCUT2D eigenvalue weighted by Crippen LogP contribution is -2.34. The highest BCUT2D eigenvalue weighted by Crippen LogP contribution is 2.15. The fourth-order valence-corrected chi connectivity index (χ4v) is 1.70. The first-order valence-corrected chi connectivity index (χ1v) is 6.34. The lowest BCUT2D eigenvalue weighted by Gasteiger charge is -2.15. The van der Waals surface area contributed by atoms with E-state index in [1.54, 1.807) is 20.0 Å². The Morgan fingerprint density at radius 1 is 1.32 bits per heavy atom. The van der Waals surface area contributed by atoms with Gasteiger partial charge in [0.25, 0.3) is 0 Å². The smallest absolute Gasteiger partial charge is 0.246 e. The number of hydrogen-bond acceptors (Lipinski definition) is 2. The monoisotopic (exact) mass is 260 g/mol. The molecule has 1 N–H and O–H groups in total. The van der Waals surface area contributed by atoms with Crippen LogP contribution in [-0.2, 0) is 16.0 Å². The molecule has 0 aliphatic rings. The van der Waals surface area contributed by atoms with Crippen LogP contribution in [0.5, 0.6) is 0 Å². The molecule has 1 rings (SSSR count). The molecule has 0 unspecified atom stereocenters. The molecule has 0 saturated heterocycles. The highest BCUT2D eigenvalue weighted by atomic mass is 16.2. The fraction of sp³-hybridized carbons (Fsp3) is 0.333. The molecule has 2 amide bonds. The summed E-state index contributed by atoms with van der Waals surface area (Å²) in [6.07, 6.45) is 3.94. The normalized spacial score (nSPS) is 10.5. The van der Waals surface area contributed by atoms with Gasteiger partial charge in [0.2, 0.25) is 11.8 Å². The highest BCUT2D eigenvalue weighted by molar-refractivity contribution is 5.96. The topological polar surface area (TPSA) is 49.4 Å². The molecule has 0 aliphatic carbocycles. The van der Waals surface area contributed by atoms with Crippen molar-refractivity contribution in [1.82, 2.24) is 4.90 Å². The quantitative estimate of drug-likeness (QED) is 0.825. The Bertz CT molecular complexity index is 481. The van der Waals surface area contributed by atoms with Crippen molar-refractivity contribution in [3.05, 3.63) is 42.0 Å². The molecule has 0 aliphatic heterocycles. The van der Waals surface area contributed by atoms with E-state index in [1.165, 1.54) is 11.0 Å². The summed E-state index contributed by atoms with van der Waals surface area (Å²) in [6, 6.07) is 7.66. The van der Waals surface area contributed by atoms with Crippen LogP contribution in [0.2, 0.25) is 0 Å². The van der Waals surface area contributed by atoms with Crippen molar-refractivity contribution in [1.29, 1.82) is 0 Å². The molecular weight excluding hydrogens is 240 g/mol. The molecule has 0 heterocycles. The summed E-state index contributed by atoms with van der Waals surface area (Å²) in [6.45, 7) is 3.84. The average molecular weight is 260 g/mol. The maximum atomic E-state index is 11.9. The third-order valence-electron chi connectivity index (χ3n) is 2.74. The predicted octanol–water partition coefficient (Wildman–Crippen LogP) is 2.22. The second-order valence-electron chi connectivity index (χ2n) is 4.25. The molecule has 0 aromatic heterocycles. The molecule has 0 radical (unpaired) electrons.